The number of hydrogen-bond acceptors (Lipinski definition) is 4. The highest BCUT2D eigenvalue weighted by atomic mass is 16.5. The molecule has 2 aromatic heterocycles. The van der Waals surface area contributed by atoms with Crippen LogP contribution in [0.5, 0.6) is 5.75 Å². The molecule has 4 rings (SSSR count). The first-order chi connectivity index (χ1) is 14.1. The maximum Gasteiger partial charge on any atom is 0.159 e. The Hall–Kier alpha value is -3.62. The molecule has 4 aromatic rings. The van der Waals surface area contributed by atoms with Crippen molar-refractivity contribution in [2.75, 3.05) is 7.11 Å². The van der Waals surface area contributed by atoms with E-state index in [-0.39, 0.29) is 0 Å². The van der Waals surface area contributed by atoms with Crippen LogP contribution in [0.1, 0.15) is 35.0 Å². The van der Waals surface area contributed by atoms with Crippen LogP contribution < -0.4 is 4.74 Å². The van der Waals surface area contributed by atoms with Crippen molar-refractivity contribution >= 4 is 5.65 Å². The lowest BCUT2D eigenvalue weighted by Crippen LogP contribution is -2.30. The summed E-state index contributed by atoms with van der Waals surface area (Å²) in [6.45, 7) is 2.01. The van der Waals surface area contributed by atoms with Crippen LogP contribution in [0.15, 0.2) is 72.9 Å². The monoisotopic (exact) mass is 383 g/mol. The summed E-state index contributed by atoms with van der Waals surface area (Å²) < 4.78 is 7.21. The summed E-state index contributed by atoms with van der Waals surface area (Å²) in [6.07, 6.45) is 2.36. The molecule has 0 atom stereocenters. The molecule has 5 heteroatoms. The average Bonchev–Trinajstić information content (AvgIpc) is 3.16. The summed E-state index contributed by atoms with van der Waals surface area (Å²) in [5.74, 6) is 0.460. The first kappa shape index (κ1) is 18.7. The Morgan fingerprint density at radius 1 is 1.07 bits per heavy atom. The second kappa shape index (κ2) is 7.42. The van der Waals surface area contributed by atoms with Gasteiger partial charge in [-0.25, -0.2) is 4.98 Å². The molecule has 2 aromatic carbocycles. The van der Waals surface area contributed by atoms with Gasteiger partial charge in [-0.3, -0.25) is 0 Å². The van der Waals surface area contributed by atoms with Gasteiger partial charge in [-0.1, -0.05) is 67.6 Å². The highest BCUT2D eigenvalue weighted by Gasteiger charge is 2.38. The molecule has 1 N–H and O–H groups in total. The lowest BCUT2D eigenvalue weighted by molar-refractivity contribution is 0.120. The molecule has 0 spiro atoms. The number of nitriles is 1. The van der Waals surface area contributed by atoms with Crippen molar-refractivity contribution in [2.24, 2.45) is 0 Å². The number of pyridine rings is 1. The Bertz CT molecular complexity index is 1150. The minimum Gasteiger partial charge on any atom is -0.495 e. The maximum absolute atomic E-state index is 12.1. The van der Waals surface area contributed by atoms with Crippen molar-refractivity contribution in [3.05, 3.63) is 101 Å². The maximum atomic E-state index is 12.1. The van der Waals surface area contributed by atoms with Crippen molar-refractivity contribution in [3.8, 4) is 11.8 Å². The smallest absolute Gasteiger partial charge is 0.159 e. The largest absolute Gasteiger partial charge is 0.495 e. The number of imidazole rings is 1. The zero-order chi connectivity index (χ0) is 20.4. The molecule has 0 amide bonds. The van der Waals surface area contributed by atoms with Gasteiger partial charge in [0.25, 0.3) is 0 Å². The van der Waals surface area contributed by atoms with E-state index in [1.165, 1.54) is 7.11 Å². The number of ether oxygens (including phenoxy) is 1. The van der Waals surface area contributed by atoms with E-state index in [0.717, 1.165) is 16.8 Å². The Balaban J connectivity index is 2.07. The van der Waals surface area contributed by atoms with Crippen LogP contribution in [-0.4, -0.2) is 21.6 Å². The molecule has 2 heterocycles. The van der Waals surface area contributed by atoms with Gasteiger partial charge in [0, 0.05) is 18.0 Å². The Morgan fingerprint density at radius 3 is 2.14 bits per heavy atom. The van der Waals surface area contributed by atoms with Crippen molar-refractivity contribution in [1.82, 2.24) is 9.38 Å². The molecule has 0 bridgehead atoms. The van der Waals surface area contributed by atoms with Gasteiger partial charge >= 0.3 is 0 Å². The summed E-state index contributed by atoms with van der Waals surface area (Å²) in [5.41, 5.74) is 2.47. The zero-order valence-electron chi connectivity index (χ0n) is 16.3. The Kier molecular flexibility index (Phi) is 4.79. The summed E-state index contributed by atoms with van der Waals surface area (Å²) in [7, 11) is 1.53. The first-order valence-corrected chi connectivity index (χ1v) is 9.46. The number of aryl methyl sites for hydroxylation is 1. The summed E-state index contributed by atoms with van der Waals surface area (Å²) >= 11 is 0. The molecule has 0 fully saturated rings. The van der Waals surface area contributed by atoms with E-state index >= 15 is 0 Å². The van der Waals surface area contributed by atoms with Crippen LogP contribution in [0.3, 0.4) is 0 Å². The summed E-state index contributed by atoms with van der Waals surface area (Å²) in [6, 6.07) is 23.0. The molecule has 144 valence electrons. The second-order valence-electron chi connectivity index (χ2n) is 6.80. The predicted molar refractivity (Wildman–Crippen MR) is 111 cm³/mol. The number of aromatic nitrogens is 2. The van der Waals surface area contributed by atoms with E-state index in [1.807, 2.05) is 72.0 Å². The lowest BCUT2D eigenvalue weighted by atomic mass is 9.82. The topological polar surface area (TPSA) is 70.6 Å². The fourth-order valence-corrected chi connectivity index (χ4v) is 3.80. The number of nitrogens with zero attached hydrogens (tertiary/aromatic N) is 3. The standard InChI is InChI=1S/C24H21N3O2/c1-3-20-23(26-22-14-21(29-2)17(15-25)16-27(20)22)24(28,18-10-6-4-7-11-18)19-12-8-5-9-13-19/h4-14,16,28H,3H2,1-2H3. The van der Waals surface area contributed by atoms with Crippen LogP contribution in [-0.2, 0) is 12.0 Å². The van der Waals surface area contributed by atoms with Gasteiger partial charge in [-0.15, -0.1) is 0 Å². The van der Waals surface area contributed by atoms with Crippen molar-refractivity contribution in [2.45, 2.75) is 18.9 Å². The van der Waals surface area contributed by atoms with E-state index in [0.29, 0.717) is 29.1 Å². The average molecular weight is 383 g/mol. The van der Waals surface area contributed by atoms with Gasteiger partial charge in [-0.2, -0.15) is 5.26 Å². The third-order valence-corrected chi connectivity index (χ3v) is 5.22. The molecule has 0 saturated carbocycles. The minimum absolute atomic E-state index is 0.418. The fraction of sp³-hybridized carbons (Fsp3) is 0.167. The van der Waals surface area contributed by atoms with E-state index in [4.69, 9.17) is 9.72 Å². The van der Waals surface area contributed by atoms with Crippen LogP contribution in [0, 0.1) is 11.3 Å². The zero-order valence-corrected chi connectivity index (χ0v) is 16.3. The second-order valence-corrected chi connectivity index (χ2v) is 6.80. The molecule has 29 heavy (non-hydrogen) atoms. The lowest BCUT2D eigenvalue weighted by Gasteiger charge is -2.29. The van der Waals surface area contributed by atoms with E-state index < -0.39 is 5.60 Å². The molecule has 0 aliphatic rings. The van der Waals surface area contributed by atoms with Crippen molar-refractivity contribution in [1.29, 1.82) is 5.26 Å². The number of rotatable bonds is 5. The fourth-order valence-electron chi connectivity index (χ4n) is 3.80. The van der Waals surface area contributed by atoms with Gasteiger partial charge < -0.3 is 14.2 Å². The van der Waals surface area contributed by atoms with E-state index in [9.17, 15) is 10.4 Å². The molecule has 0 saturated heterocycles. The predicted octanol–water partition coefficient (Wildman–Crippen LogP) is 4.06. The Labute approximate surface area is 169 Å². The molecular weight excluding hydrogens is 362 g/mol. The highest BCUT2D eigenvalue weighted by Crippen LogP contribution is 2.38. The third-order valence-electron chi connectivity index (χ3n) is 5.22. The van der Waals surface area contributed by atoms with E-state index in [1.54, 1.807) is 12.3 Å². The van der Waals surface area contributed by atoms with Gasteiger partial charge in [0.2, 0.25) is 0 Å². The quantitative estimate of drug-likeness (QED) is 0.564. The number of hydrogen-bond donors (Lipinski definition) is 1. The van der Waals surface area contributed by atoms with Gasteiger partial charge in [0.15, 0.2) is 5.60 Å². The number of benzene rings is 2. The first-order valence-electron chi connectivity index (χ1n) is 9.46. The van der Waals surface area contributed by atoms with Crippen LogP contribution in [0.25, 0.3) is 5.65 Å². The Morgan fingerprint density at radius 2 is 1.66 bits per heavy atom. The molecule has 0 unspecified atom stereocenters. The number of fused-ring (bicyclic) bond motifs is 1. The van der Waals surface area contributed by atoms with Gasteiger partial charge in [-0.05, 0) is 17.5 Å². The molecule has 0 radical (unpaired) electrons. The molecule has 0 aliphatic carbocycles. The molecular formula is C24H21N3O2. The highest BCUT2D eigenvalue weighted by molar-refractivity contribution is 5.58. The SMILES string of the molecule is CCc1c(C(O)(c2ccccc2)c2ccccc2)nc2cc(OC)c(C#N)cn12. The summed E-state index contributed by atoms with van der Waals surface area (Å²) in [4.78, 5) is 4.82. The van der Waals surface area contributed by atoms with Crippen LogP contribution in [0.4, 0.5) is 0 Å². The van der Waals surface area contributed by atoms with Crippen molar-refractivity contribution < 1.29 is 9.84 Å². The summed E-state index contributed by atoms with van der Waals surface area (Å²) in [5, 5.41) is 21.6. The van der Waals surface area contributed by atoms with Crippen molar-refractivity contribution in [3.63, 3.8) is 0 Å². The molecule has 5 nitrogen and oxygen atoms in total. The van der Waals surface area contributed by atoms with Crippen LogP contribution >= 0.6 is 0 Å². The van der Waals surface area contributed by atoms with E-state index in [2.05, 4.69) is 6.07 Å². The third kappa shape index (κ3) is 2.95. The number of methoxy groups -OCH3 is 1. The minimum atomic E-state index is -1.43. The van der Waals surface area contributed by atoms with Gasteiger partial charge in [0.1, 0.15) is 28.7 Å². The normalized spacial score (nSPS) is 11.4. The van der Waals surface area contributed by atoms with Crippen LogP contribution in [0.2, 0.25) is 0 Å². The molecule has 0 aliphatic heterocycles. The number of aliphatic hydroxyl groups is 1. The van der Waals surface area contributed by atoms with Gasteiger partial charge in [0.05, 0.1) is 7.11 Å².